The molecule has 0 N–H and O–H groups in total. The van der Waals surface area contributed by atoms with Crippen LogP contribution < -0.4 is 0 Å². The maximum absolute atomic E-state index is 10.6. The van der Waals surface area contributed by atoms with Crippen molar-refractivity contribution in [3.05, 3.63) is 41.5 Å². The summed E-state index contributed by atoms with van der Waals surface area (Å²) in [6.07, 6.45) is 3.51. The van der Waals surface area contributed by atoms with Crippen LogP contribution in [0.2, 0.25) is 0 Å². The van der Waals surface area contributed by atoms with Crippen LogP contribution in [0.4, 0.5) is 0 Å². The van der Waals surface area contributed by atoms with Crippen molar-refractivity contribution in [1.82, 2.24) is 0 Å². The number of fused-ring (bicyclic) bond motifs is 1. The molecule has 1 atom stereocenters. The van der Waals surface area contributed by atoms with Gasteiger partial charge in [-0.05, 0) is 0 Å². The first-order valence-corrected chi connectivity index (χ1v) is 8.20. The molecular weight excluding hydrogens is 288 g/mol. The van der Waals surface area contributed by atoms with Gasteiger partial charge in [-0.15, -0.1) is 0 Å². The first-order valence-electron chi connectivity index (χ1n) is 5.39. The van der Waals surface area contributed by atoms with E-state index in [1.807, 2.05) is 12.1 Å². The summed E-state index contributed by atoms with van der Waals surface area (Å²) in [5.41, 5.74) is 1.70. The first kappa shape index (κ1) is 13.5. The Kier molecular flexibility index (Phi) is 4.14. The van der Waals surface area contributed by atoms with Crippen molar-refractivity contribution in [1.29, 1.82) is 0 Å². The molecule has 19 heavy (non-hydrogen) atoms. The van der Waals surface area contributed by atoms with E-state index in [1.165, 1.54) is 0 Å². The number of carbonyl (C=O) groups is 3. The van der Waals surface area contributed by atoms with Crippen LogP contribution in [0.1, 0.15) is 15.3 Å². The van der Waals surface area contributed by atoms with Gasteiger partial charge in [0.15, 0.2) is 0 Å². The standard InChI is InChI=1S/C9H7.3CH2O2.Ti/c1-2-5-9-7-3-6-8(9)4-1;3*2-1-3;/h1-7H;3*1H,(H,2,3);/q;;;;+3/p-3. The molecule has 1 aromatic rings. The summed E-state index contributed by atoms with van der Waals surface area (Å²) in [6, 6.07) is 7.31. The molecule has 0 bridgehead atoms. The predicted octanol–water partition coefficient (Wildman–Crippen LogP) is 1.17. The second-order valence-corrected chi connectivity index (χ2v) is 7.67. The van der Waals surface area contributed by atoms with E-state index < -0.39 is 22.0 Å². The molecule has 0 heterocycles. The summed E-state index contributed by atoms with van der Waals surface area (Å²) in [7, 11) is 0. The molecule has 6 nitrogen and oxygen atoms in total. The van der Waals surface area contributed by atoms with Gasteiger partial charge in [0.25, 0.3) is 0 Å². The summed E-state index contributed by atoms with van der Waals surface area (Å²) in [4.78, 5) is 31.9. The van der Waals surface area contributed by atoms with Crippen molar-refractivity contribution in [2.24, 2.45) is 0 Å². The second-order valence-electron chi connectivity index (χ2n) is 3.71. The van der Waals surface area contributed by atoms with Gasteiger partial charge in [-0.1, -0.05) is 0 Å². The molecule has 0 amide bonds. The van der Waals surface area contributed by atoms with Crippen LogP contribution in [-0.2, 0) is 42.1 Å². The van der Waals surface area contributed by atoms with Gasteiger partial charge in [0, 0.05) is 0 Å². The molecule has 0 saturated carbocycles. The van der Waals surface area contributed by atoms with E-state index in [2.05, 4.69) is 0 Å². The Morgan fingerprint density at radius 1 is 0.947 bits per heavy atom. The molecule has 0 saturated heterocycles. The van der Waals surface area contributed by atoms with Crippen molar-refractivity contribution in [3.63, 3.8) is 0 Å². The zero-order valence-corrected chi connectivity index (χ0v) is 11.3. The molecule has 1 aromatic carbocycles. The van der Waals surface area contributed by atoms with Crippen molar-refractivity contribution in [3.8, 4) is 0 Å². The summed E-state index contributed by atoms with van der Waals surface area (Å²) in [5, 5.41) is 0. The maximum atomic E-state index is 10.6. The average molecular weight is 298 g/mol. The molecule has 1 aliphatic rings. The van der Waals surface area contributed by atoms with Gasteiger partial charge < -0.3 is 0 Å². The van der Waals surface area contributed by atoms with Crippen molar-refractivity contribution < 1.29 is 42.1 Å². The van der Waals surface area contributed by atoms with Gasteiger partial charge in [0.05, 0.1) is 0 Å². The number of hydrogen-bond acceptors (Lipinski definition) is 6. The fourth-order valence-electron chi connectivity index (χ4n) is 2.06. The summed E-state index contributed by atoms with van der Waals surface area (Å²) in [5.74, 6) is 0. The topological polar surface area (TPSA) is 78.9 Å². The monoisotopic (exact) mass is 298 g/mol. The Morgan fingerprint density at radius 3 is 2.11 bits per heavy atom. The zero-order chi connectivity index (χ0) is 13.7. The van der Waals surface area contributed by atoms with Crippen LogP contribution in [0.15, 0.2) is 30.3 Å². The Morgan fingerprint density at radius 2 is 1.53 bits per heavy atom. The van der Waals surface area contributed by atoms with Gasteiger partial charge >= 0.3 is 113 Å². The van der Waals surface area contributed by atoms with E-state index in [1.54, 1.807) is 24.3 Å². The van der Waals surface area contributed by atoms with E-state index in [4.69, 9.17) is 9.96 Å². The third kappa shape index (κ3) is 2.45. The fourth-order valence-corrected chi connectivity index (χ4v) is 5.16. The molecule has 1 unspecified atom stereocenters. The molecule has 1 aliphatic carbocycles. The molecule has 0 fully saturated rings. The molecule has 0 aliphatic heterocycles. The van der Waals surface area contributed by atoms with Gasteiger partial charge in [-0.3, -0.25) is 0 Å². The van der Waals surface area contributed by atoms with E-state index in [-0.39, 0.29) is 19.4 Å². The van der Waals surface area contributed by atoms with Gasteiger partial charge in [-0.2, -0.15) is 0 Å². The molecular formula is C12H10O6Ti. The third-order valence-corrected chi connectivity index (χ3v) is 6.78. The van der Waals surface area contributed by atoms with Crippen molar-refractivity contribution in [2.45, 2.75) is 4.22 Å². The summed E-state index contributed by atoms with van der Waals surface area (Å²) < 4.78 is 14.2. The minimum atomic E-state index is -4.40. The quantitative estimate of drug-likeness (QED) is 0.555. The Labute approximate surface area is 113 Å². The van der Waals surface area contributed by atoms with Crippen molar-refractivity contribution in [2.75, 3.05) is 0 Å². The van der Waals surface area contributed by atoms with Gasteiger partial charge in [-0.25, -0.2) is 0 Å². The molecule has 0 aromatic heterocycles. The zero-order valence-electron chi connectivity index (χ0n) is 9.72. The van der Waals surface area contributed by atoms with Crippen LogP contribution in [0.25, 0.3) is 6.08 Å². The Bertz CT molecular complexity index is 500. The molecule has 98 valence electrons. The van der Waals surface area contributed by atoms with Crippen LogP contribution in [0.3, 0.4) is 0 Å². The Balaban J connectivity index is 2.44. The third-order valence-electron chi connectivity index (χ3n) is 2.82. The number of allylic oxidation sites excluding steroid dienone is 1. The number of hydrogen-bond donors (Lipinski definition) is 0. The molecule has 0 spiro atoms. The second kappa shape index (κ2) is 5.82. The molecule has 7 heteroatoms. The number of rotatable bonds is 7. The average Bonchev–Trinajstić information content (AvgIpc) is 2.84. The van der Waals surface area contributed by atoms with Crippen LogP contribution >= 0.6 is 0 Å². The normalized spacial score (nSPS) is 16.3. The minimum absolute atomic E-state index is 0.141. The van der Waals surface area contributed by atoms with E-state index in [0.29, 0.717) is 0 Å². The first-order chi connectivity index (χ1) is 9.27. The summed E-state index contributed by atoms with van der Waals surface area (Å²) >= 11 is -4.40. The molecule has 0 radical (unpaired) electrons. The molecule has 2 rings (SSSR count). The van der Waals surface area contributed by atoms with Crippen LogP contribution in [0.5, 0.6) is 0 Å². The van der Waals surface area contributed by atoms with Crippen LogP contribution in [0, 0.1) is 0 Å². The number of benzene rings is 1. The predicted molar refractivity (Wildman–Crippen MR) is 59.7 cm³/mol. The summed E-state index contributed by atoms with van der Waals surface area (Å²) in [6.45, 7) is 0.422. The van der Waals surface area contributed by atoms with Crippen LogP contribution in [-0.4, -0.2) is 19.4 Å². The van der Waals surface area contributed by atoms with E-state index >= 15 is 0 Å². The van der Waals surface area contributed by atoms with Gasteiger partial charge in [0.1, 0.15) is 0 Å². The van der Waals surface area contributed by atoms with Gasteiger partial charge in [0.2, 0.25) is 0 Å². The fraction of sp³-hybridized carbons (Fsp3) is 0.0833. The SMILES string of the molecule is O=C[O][Ti]([O]C=O)([O]C=O)[CH]1C=Cc2ccccc21. The van der Waals surface area contributed by atoms with E-state index in [0.717, 1.165) is 11.1 Å². The number of carbonyl (C=O) groups excluding carboxylic acids is 3. The van der Waals surface area contributed by atoms with E-state index in [9.17, 15) is 14.4 Å². The van der Waals surface area contributed by atoms with Crippen molar-refractivity contribution >= 4 is 25.5 Å². The Hall–Kier alpha value is -1.92.